The van der Waals surface area contributed by atoms with Crippen LogP contribution in [0.3, 0.4) is 0 Å². The topological polar surface area (TPSA) is 4.93 Å². The molecule has 0 saturated carbocycles. The van der Waals surface area contributed by atoms with E-state index in [2.05, 4.69) is 168 Å². The second-order valence-corrected chi connectivity index (χ2v) is 13.9. The van der Waals surface area contributed by atoms with Gasteiger partial charge in [-0.15, -0.1) is 0 Å². The maximum absolute atomic E-state index is 2.54. The zero-order valence-corrected chi connectivity index (χ0v) is 26.3. The molecule has 2 aliphatic rings. The van der Waals surface area contributed by atoms with Crippen LogP contribution in [-0.2, 0) is 5.41 Å². The van der Waals surface area contributed by atoms with Crippen molar-refractivity contribution in [2.75, 3.05) is 0 Å². The number of fused-ring (bicyclic) bond motifs is 15. The second-order valence-electron chi connectivity index (χ2n) is 12.9. The van der Waals surface area contributed by atoms with Gasteiger partial charge < -0.3 is 4.57 Å². The molecule has 0 radical (unpaired) electrons. The number of benzene rings is 8. The number of rotatable bonds is 1. The SMILES string of the molecule is c1ccc2c(c1)Sc1cc3c4c5ccccc5ccc4n(-c4ccc5ccccc5c4)c3cc1C21c2ccccc2-c2ccccc21. The first-order valence-corrected chi connectivity index (χ1v) is 17.1. The van der Waals surface area contributed by atoms with Crippen LogP contribution in [0, 0.1) is 0 Å². The summed E-state index contributed by atoms with van der Waals surface area (Å²) in [6, 6.07) is 61.3. The summed E-state index contributed by atoms with van der Waals surface area (Å²) in [4.78, 5) is 2.65. The van der Waals surface area contributed by atoms with Gasteiger partial charge in [0.2, 0.25) is 0 Å². The third kappa shape index (κ3) is 3.26. The Morgan fingerprint density at radius 2 is 1.04 bits per heavy atom. The van der Waals surface area contributed by atoms with E-state index in [-0.39, 0.29) is 0 Å². The summed E-state index contributed by atoms with van der Waals surface area (Å²) in [5.41, 5.74) is 11.4. The van der Waals surface area contributed by atoms with Gasteiger partial charge in [-0.05, 0) is 91.3 Å². The predicted octanol–water partition coefficient (Wildman–Crippen LogP) is 11.9. The van der Waals surface area contributed by atoms with E-state index in [4.69, 9.17) is 0 Å². The molecule has 9 aromatic rings. The van der Waals surface area contributed by atoms with Crippen LogP contribution in [0.4, 0.5) is 0 Å². The lowest BCUT2D eigenvalue weighted by Gasteiger charge is -2.39. The molecule has 1 spiro atoms. The molecule has 11 rings (SSSR count). The van der Waals surface area contributed by atoms with E-state index < -0.39 is 5.41 Å². The van der Waals surface area contributed by atoms with E-state index >= 15 is 0 Å². The molecule has 1 aromatic heterocycles. The normalized spacial score (nSPS) is 14.0. The molecule has 47 heavy (non-hydrogen) atoms. The van der Waals surface area contributed by atoms with Gasteiger partial charge in [-0.3, -0.25) is 0 Å². The van der Waals surface area contributed by atoms with E-state index in [1.165, 1.54) is 92.2 Å². The number of aromatic nitrogens is 1. The van der Waals surface area contributed by atoms with Crippen LogP contribution in [0.25, 0.3) is 60.2 Å². The number of hydrogen-bond acceptors (Lipinski definition) is 1. The summed E-state index contributed by atoms with van der Waals surface area (Å²) in [6.45, 7) is 0. The molecular formula is C45H27NS. The fourth-order valence-corrected chi connectivity index (χ4v) is 9.94. The zero-order valence-electron chi connectivity index (χ0n) is 25.4. The summed E-state index contributed by atoms with van der Waals surface area (Å²) in [7, 11) is 0. The largest absolute Gasteiger partial charge is 0.309 e. The molecule has 1 nitrogen and oxygen atoms in total. The Bertz CT molecular complexity index is 2740. The molecule has 1 aliphatic heterocycles. The van der Waals surface area contributed by atoms with Crippen LogP contribution in [0.5, 0.6) is 0 Å². The monoisotopic (exact) mass is 613 g/mol. The van der Waals surface area contributed by atoms with Gasteiger partial charge in [-0.25, -0.2) is 0 Å². The molecule has 1 aliphatic carbocycles. The predicted molar refractivity (Wildman–Crippen MR) is 197 cm³/mol. The molecule has 2 heterocycles. The Labute approximate surface area is 276 Å². The van der Waals surface area contributed by atoms with Crippen molar-refractivity contribution >= 4 is 55.1 Å². The molecule has 0 N–H and O–H groups in total. The van der Waals surface area contributed by atoms with Crippen LogP contribution >= 0.6 is 11.8 Å². The minimum Gasteiger partial charge on any atom is -0.309 e. The van der Waals surface area contributed by atoms with Gasteiger partial charge in [0.05, 0.1) is 16.4 Å². The summed E-state index contributed by atoms with van der Waals surface area (Å²) in [6.07, 6.45) is 0. The fourth-order valence-electron chi connectivity index (χ4n) is 8.73. The van der Waals surface area contributed by atoms with Crippen molar-refractivity contribution in [1.29, 1.82) is 0 Å². The van der Waals surface area contributed by atoms with Crippen molar-refractivity contribution in [2.24, 2.45) is 0 Å². The summed E-state index contributed by atoms with van der Waals surface area (Å²) in [5, 5.41) is 7.68. The standard InChI is InChI=1S/C45H27NS/c1-2-13-30-25-31(23-21-28(30)11-1)46-40-24-22-29-12-3-4-14-32(29)44(40)35-26-43-39(27-41(35)46)45(38-19-9-10-20-42(38)47-43)36-17-7-5-15-33(36)34-16-6-8-18-37(34)45/h1-27H. The molecule has 8 aromatic carbocycles. The van der Waals surface area contributed by atoms with Crippen molar-refractivity contribution in [3.8, 4) is 16.8 Å². The second kappa shape index (κ2) is 9.25. The van der Waals surface area contributed by atoms with Gasteiger partial charge in [0.25, 0.3) is 0 Å². The van der Waals surface area contributed by atoms with Gasteiger partial charge in [0, 0.05) is 26.3 Å². The molecule has 0 atom stereocenters. The average Bonchev–Trinajstić information content (AvgIpc) is 3.61. The van der Waals surface area contributed by atoms with Crippen LogP contribution in [-0.4, -0.2) is 4.57 Å². The van der Waals surface area contributed by atoms with E-state index in [1.807, 2.05) is 11.8 Å². The third-order valence-electron chi connectivity index (χ3n) is 10.6. The zero-order chi connectivity index (χ0) is 30.7. The quantitative estimate of drug-likeness (QED) is 0.178. The molecule has 0 unspecified atom stereocenters. The first-order valence-electron chi connectivity index (χ1n) is 16.3. The van der Waals surface area contributed by atoms with Crippen LogP contribution in [0.2, 0.25) is 0 Å². The van der Waals surface area contributed by atoms with E-state index in [1.54, 1.807) is 0 Å². The highest BCUT2D eigenvalue weighted by Gasteiger charge is 2.50. The lowest BCUT2D eigenvalue weighted by molar-refractivity contribution is 0.724. The lowest BCUT2D eigenvalue weighted by atomic mass is 9.67. The van der Waals surface area contributed by atoms with Gasteiger partial charge in [0.15, 0.2) is 0 Å². The van der Waals surface area contributed by atoms with Crippen molar-refractivity contribution in [2.45, 2.75) is 15.2 Å². The molecule has 0 amide bonds. The van der Waals surface area contributed by atoms with Crippen LogP contribution < -0.4 is 0 Å². The Balaban J connectivity index is 1.34. The Morgan fingerprint density at radius 3 is 1.85 bits per heavy atom. The maximum atomic E-state index is 2.54. The Hall–Kier alpha value is -5.57. The van der Waals surface area contributed by atoms with Gasteiger partial charge in [-0.2, -0.15) is 0 Å². The maximum Gasteiger partial charge on any atom is 0.0736 e. The summed E-state index contributed by atoms with van der Waals surface area (Å²) in [5.74, 6) is 0. The summed E-state index contributed by atoms with van der Waals surface area (Å²) < 4.78 is 2.51. The highest BCUT2D eigenvalue weighted by Crippen LogP contribution is 2.62. The first-order chi connectivity index (χ1) is 23.3. The van der Waals surface area contributed by atoms with E-state index in [0.717, 1.165) is 0 Å². The van der Waals surface area contributed by atoms with Crippen molar-refractivity contribution in [3.05, 3.63) is 186 Å². The number of nitrogens with zero attached hydrogens (tertiary/aromatic N) is 1. The van der Waals surface area contributed by atoms with E-state index in [0.29, 0.717) is 0 Å². The molecular weight excluding hydrogens is 587 g/mol. The average molecular weight is 614 g/mol. The number of hydrogen-bond donors (Lipinski definition) is 0. The minimum atomic E-state index is -0.411. The van der Waals surface area contributed by atoms with Gasteiger partial charge >= 0.3 is 0 Å². The van der Waals surface area contributed by atoms with Gasteiger partial charge in [0.1, 0.15) is 0 Å². The lowest BCUT2D eigenvalue weighted by Crippen LogP contribution is -2.32. The smallest absolute Gasteiger partial charge is 0.0736 e. The third-order valence-corrected chi connectivity index (χ3v) is 11.7. The molecule has 0 saturated heterocycles. The molecule has 218 valence electrons. The van der Waals surface area contributed by atoms with Crippen molar-refractivity contribution in [1.82, 2.24) is 4.57 Å². The first kappa shape index (κ1) is 25.6. The summed E-state index contributed by atoms with van der Waals surface area (Å²) >= 11 is 1.92. The minimum absolute atomic E-state index is 0.411. The molecule has 2 heteroatoms. The van der Waals surface area contributed by atoms with Gasteiger partial charge in [-0.1, -0.05) is 139 Å². The van der Waals surface area contributed by atoms with Crippen LogP contribution in [0.1, 0.15) is 22.3 Å². The fraction of sp³-hybridized carbons (Fsp3) is 0.0222. The molecule has 0 bridgehead atoms. The Kier molecular flexibility index (Phi) is 5.04. The van der Waals surface area contributed by atoms with Crippen molar-refractivity contribution in [3.63, 3.8) is 0 Å². The Morgan fingerprint density at radius 1 is 0.404 bits per heavy atom. The molecule has 0 fully saturated rings. The van der Waals surface area contributed by atoms with E-state index in [9.17, 15) is 0 Å². The van der Waals surface area contributed by atoms with Crippen LogP contribution in [0.15, 0.2) is 174 Å². The highest BCUT2D eigenvalue weighted by atomic mass is 32.2. The highest BCUT2D eigenvalue weighted by molar-refractivity contribution is 7.99. The van der Waals surface area contributed by atoms with Crippen molar-refractivity contribution < 1.29 is 0 Å².